The van der Waals surface area contributed by atoms with E-state index in [9.17, 15) is 0 Å². The Bertz CT molecular complexity index is 492. The van der Waals surface area contributed by atoms with E-state index in [2.05, 4.69) is 43.3 Å². The predicted molar refractivity (Wildman–Crippen MR) is 65.9 cm³/mol. The molecule has 0 unspecified atom stereocenters. The molecule has 2 aromatic rings. The highest BCUT2D eigenvalue weighted by Crippen LogP contribution is 2.28. The van der Waals surface area contributed by atoms with Crippen molar-refractivity contribution < 1.29 is 0 Å². The van der Waals surface area contributed by atoms with Gasteiger partial charge in [-0.15, -0.1) is 0 Å². The number of nitrogens with two attached hydrogens (primary N) is 1. The first-order valence-electron chi connectivity index (χ1n) is 5.28. The zero-order valence-corrected chi connectivity index (χ0v) is 9.54. The van der Waals surface area contributed by atoms with E-state index in [0.29, 0.717) is 0 Å². The maximum absolute atomic E-state index is 6.17. The third kappa shape index (κ3) is 1.75. The average molecular weight is 199 g/mol. The quantitative estimate of drug-likeness (QED) is 0.749. The Morgan fingerprint density at radius 3 is 2.13 bits per heavy atom. The van der Waals surface area contributed by atoms with E-state index >= 15 is 0 Å². The van der Waals surface area contributed by atoms with E-state index in [1.807, 2.05) is 13.8 Å². The Morgan fingerprint density at radius 2 is 1.53 bits per heavy atom. The van der Waals surface area contributed by atoms with Crippen molar-refractivity contribution in [2.24, 2.45) is 5.73 Å². The number of aryl methyl sites for hydroxylation is 1. The van der Waals surface area contributed by atoms with Crippen molar-refractivity contribution in [1.82, 2.24) is 0 Å². The van der Waals surface area contributed by atoms with Crippen molar-refractivity contribution in [2.45, 2.75) is 26.3 Å². The van der Waals surface area contributed by atoms with E-state index in [1.54, 1.807) is 0 Å². The molecule has 1 nitrogen and oxygen atoms in total. The van der Waals surface area contributed by atoms with Gasteiger partial charge in [0, 0.05) is 5.54 Å². The molecule has 0 aromatic heterocycles. The van der Waals surface area contributed by atoms with Crippen molar-refractivity contribution in [3.8, 4) is 0 Å². The van der Waals surface area contributed by atoms with Crippen LogP contribution in [0.2, 0.25) is 0 Å². The first-order chi connectivity index (χ1) is 7.00. The maximum atomic E-state index is 6.17. The van der Waals surface area contributed by atoms with Gasteiger partial charge in [-0.3, -0.25) is 0 Å². The normalized spacial score (nSPS) is 12.0. The lowest BCUT2D eigenvalue weighted by atomic mass is 9.89. The van der Waals surface area contributed by atoms with Gasteiger partial charge in [-0.05, 0) is 42.7 Å². The van der Waals surface area contributed by atoms with Gasteiger partial charge in [0.15, 0.2) is 0 Å². The number of benzene rings is 2. The van der Waals surface area contributed by atoms with Crippen LogP contribution in [-0.4, -0.2) is 0 Å². The van der Waals surface area contributed by atoms with E-state index in [4.69, 9.17) is 5.73 Å². The van der Waals surface area contributed by atoms with Gasteiger partial charge in [0.1, 0.15) is 0 Å². The Labute approximate surface area is 90.9 Å². The molecule has 0 aliphatic carbocycles. The van der Waals surface area contributed by atoms with Crippen LogP contribution in [0.1, 0.15) is 25.0 Å². The molecule has 0 aliphatic heterocycles. The Balaban J connectivity index is 2.84. The molecule has 0 amide bonds. The minimum Gasteiger partial charge on any atom is -0.322 e. The number of rotatable bonds is 1. The summed E-state index contributed by atoms with van der Waals surface area (Å²) in [5.41, 5.74) is 8.40. The molecule has 0 radical (unpaired) electrons. The summed E-state index contributed by atoms with van der Waals surface area (Å²) in [7, 11) is 0. The number of fused-ring (bicyclic) bond motifs is 1. The van der Waals surface area contributed by atoms with Crippen LogP contribution >= 0.6 is 0 Å². The highest BCUT2D eigenvalue weighted by atomic mass is 14.7. The number of hydrogen-bond acceptors (Lipinski definition) is 1. The van der Waals surface area contributed by atoms with Gasteiger partial charge in [0.2, 0.25) is 0 Å². The van der Waals surface area contributed by atoms with E-state index in [0.717, 1.165) is 0 Å². The van der Waals surface area contributed by atoms with Gasteiger partial charge in [-0.1, -0.05) is 36.4 Å². The summed E-state index contributed by atoms with van der Waals surface area (Å²) in [6.07, 6.45) is 0. The van der Waals surface area contributed by atoms with Gasteiger partial charge in [0.05, 0.1) is 0 Å². The maximum Gasteiger partial charge on any atom is 0.0358 e. The Hall–Kier alpha value is -1.34. The molecule has 0 fully saturated rings. The minimum atomic E-state index is -0.284. The largest absolute Gasteiger partial charge is 0.322 e. The minimum absolute atomic E-state index is 0.284. The van der Waals surface area contributed by atoms with Gasteiger partial charge in [-0.25, -0.2) is 0 Å². The fraction of sp³-hybridized carbons (Fsp3) is 0.286. The fourth-order valence-corrected chi connectivity index (χ4v) is 2.01. The third-order valence-corrected chi connectivity index (χ3v) is 2.84. The second-order valence-electron chi connectivity index (χ2n) is 4.70. The van der Waals surface area contributed by atoms with Crippen LogP contribution < -0.4 is 5.73 Å². The molecule has 1 heteroatoms. The monoisotopic (exact) mass is 199 g/mol. The van der Waals surface area contributed by atoms with E-state index < -0.39 is 0 Å². The van der Waals surface area contributed by atoms with Crippen LogP contribution in [0, 0.1) is 6.92 Å². The molecule has 0 heterocycles. The fourth-order valence-electron chi connectivity index (χ4n) is 2.01. The molecule has 78 valence electrons. The van der Waals surface area contributed by atoms with Gasteiger partial charge < -0.3 is 5.73 Å². The molecular weight excluding hydrogens is 182 g/mol. The summed E-state index contributed by atoms with van der Waals surface area (Å²) in [4.78, 5) is 0. The van der Waals surface area contributed by atoms with Gasteiger partial charge in [-0.2, -0.15) is 0 Å². The van der Waals surface area contributed by atoms with Gasteiger partial charge in [0.25, 0.3) is 0 Å². The summed E-state index contributed by atoms with van der Waals surface area (Å²) in [6, 6.07) is 12.7. The van der Waals surface area contributed by atoms with Crippen LogP contribution in [0.15, 0.2) is 36.4 Å². The Kier molecular flexibility index (Phi) is 2.28. The lowest BCUT2D eigenvalue weighted by Gasteiger charge is -2.22. The van der Waals surface area contributed by atoms with Crippen LogP contribution in [0.3, 0.4) is 0 Å². The highest BCUT2D eigenvalue weighted by molar-refractivity contribution is 5.89. The standard InChI is InChI=1S/C14H17N/c1-10-8-9-13(14(2,3)15)12-7-5-4-6-11(10)12/h4-9H,15H2,1-3H3. The van der Waals surface area contributed by atoms with E-state index in [-0.39, 0.29) is 5.54 Å². The average Bonchev–Trinajstić information content (AvgIpc) is 2.17. The SMILES string of the molecule is Cc1ccc(C(C)(C)N)c2ccccc12. The second-order valence-corrected chi connectivity index (χ2v) is 4.70. The van der Waals surface area contributed by atoms with Gasteiger partial charge >= 0.3 is 0 Å². The molecule has 0 saturated heterocycles. The van der Waals surface area contributed by atoms with Crippen molar-refractivity contribution in [2.75, 3.05) is 0 Å². The second kappa shape index (κ2) is 3.35. The smallest absolute Gasteiger partial charge is 0.0358 e. The Morgan fingerprint density at radius 1 is 0.933 bits per heavy atom. The lowest BCUT2D eigenvalue weighted by molar-refractivity contribution is 0.559. The van der Waals surface area contributed by atoms with Crippen LogP contribution in [0.25, 0.3) is 10.8 Å². The molecule has 2 aromatic carbocycles. The zero-order chi connectivity index (χ0) is 11.1. The van der Waals surface area contributed by atoms with Crippen molar-refractivity contribution in [3.05, 3.63) is 47.5 Å². The molecule has 0 spiro atoms. The summed E-state index contributed by atoms with van der Waals surface area (Å²) in [5.74, 6) is 0. The molecule has 2 N–H and O–H groups in total. The van der Waals surface area contributed by atoms with Crippen LogP contribution in [0.5, 0.6) is 0 Å². The zero-order valence-electron chi connectivity index (χ0n) is 9.54. The molecule has 0 bridgehead atoms. The number of hydrogen-bond donors (Lipinski definition) is 1. The molecule has 15 heavy (non-hydrogen) atoms. The van der Waals surface area contributed by atoms with Crippen LogP contribution in [0.4, 0.5) is 0 Å². The topological polar surface area (TPSA) is 26.0 Å². The molecule has 0 saturated carbocycles. The first kappa shape index (κ1) is 10.2. The molecular formula is C14H17N. The predicted octanol–water partition coefficient (Wildman–Crippen LogP) is 3.34. The summed E-state index contributed by atoms with van der Waals surface area (Å²) >= 11 is 0. The highest BCUT2D eigenvalue weighted by Gasteiger charge is 2.17. The van der Waals surface area contributed by atoms with Crippen molar-refractivity contribution >= 4 is 10.8 Å². The van der Waals surface area contributed by atoms with Crippen molar-refractivity contribution in [3.63, 3.8) is 0 Å². The molecule has 0 atom stereocenters. The van der Waals surface area contributed by atoms with Crippen LogP contribution in [-0.2, 0) is 5.54 Å². The third-order valence-electron chi connectivity index (χ3n) is 2.84. The summed E-state index contributed by atoms with van der Waals surface area (Å²) in [5, 5.41) is 2.57. The lowest BCUT2D eigenvalue weighted by Crippen LogP contribution is -2.28. The van der Waals surface area contributed by atoms with Crippen molar-refractivity contribution in [1.29, 1.82) is 0 Å². The molecule has 0 aliphatic rings. The first-order valence-corrected chi connectivity index (χ1v) is 5.28. The summed E-state index contributed by atoms with van der Waals surface area (Å²) < 4.78 is 0. The molecule has 2 rings (SSSR count). The summed E-state index contributed by atoms with van der Waals surface area (Å²) in [6.45, 7) is 6.23. The van der Waals surface area contributed by atoms with E-state index in [1.165, 1.54) is 21.9 Å².